The Morgan fingerprint density at radius 3 is 1.82 bits per heavy atom. The van der Waals surface area contributed by atoms with Crippen molar-refractivity contribution < 1.29 is 23.8 Å². The second-order valence-electron chi connectivity index (χ2n) is 6.16. The third kappa shape index (κ3) is 4.76. The third-order valence-corrected chi connectivity index (χ3v) is 3.83. The van der Waals surface area contributed by atoms with Crippen LogP contribution in [0.1, 0.15) is 19.4 Å². The summed E-state index contributed by atoms with van der Waals surface area (Å²) >= 11 is 0. The number of hydrogen-bond acceptors (Lipinski definition) is 5. The lowest BCUT2D eigenvalue weighted by molar-refractivity contribution is -0.132. The Balaban J connectivity index is 2.51. The zero-order valence-corrected chi connectivity index (χ0v) is 16.2. The molecule has 0 aliphatic carbocycles. The zero-order chi connectivity index (χ0) is 20.8. The lowest BCUT2D eigenvalue weighted by Crippen LogP contribution is -2.12. The first-order valence-corrected chi connectivity index (χ1v) is 8.47. The molecule has 0 amide bonds. The van der Waals surface area contributed by atoms with E-state index in [-0.39, 0.29) is 22.6 Å². The van der Waals surface area contributed by atoms with Crippen molar-refractivity contribution >= 4 is 18.0 Å². The molecule has 0 unspecified atom stereocenters. The van der Waals surface area contributed by atoms with Crippen LogP contribution in [-0.2, 0) is 9.59 Å². The quantitative estimate of drug-likeness (QED) is 0.387. The van der Waals surface area contributed by atoms with Gasteiger partial charge in [0.1, 0.15) is 5.75 Å². The molecule has 2 aromatic rings. The second-order valence-corrected chi connectivity index (χ2v) is 6.16. The largest absolute Gasteiger partial charge is 0.496 e. The van der Waals surface area contributed by atoms with Crippen LogP contribution in [0.2, 0.25) is 0 Å². The maximum Gasteiger partial charge on any atom is 0.338 e. The number of carbonyl (C=O) groups is 2. The highest BCUT2D eigenvalue weighted by molar-refractivity contribution is 5.91. The summed E-state index contributed by atoms with van der Waals surface area (Å²) < 4.78 is 15.9. The fourth-order valence-electron chi connectivity index (χ4n) is 2.30. The summed E-state index contributed by atoms with van der Waals surface area (Å²) in [5, 5.41) is 0. The first-order chi connectivity index (χ1) is 13.3. The van der Waals surface area contributed by atoms with Gasteiger partial charge in [-0.25, -0.2) is 9.59 Å². The Labute approximate surface area is 164 Å². The number of ether oxygens (including phenoxy) is 3. The van der Waals surface area contributed by atoms with E-state index in [9.17, 15) is 9.59 Å². The van der Waals surface area contributed by atoms with E-state index in [1.165, 1.54) is 13.8 Å². The van der Waals surface area contributed by atoms with E-state index in [2.05, 4.69) is 19.7 Å². The highest BCUT2D eigenvalue weighted by Gasteiger charge is 2.16. The van der Waals surface area contributed by atoms with Crippen molar-refractivity contribution in [2.45, 2.75) is 13.8 Å². The number of carbonyl (C=O) groups excluding carboxylic acids is 2. The summed E-state index contributed by atoms with van der Waals surface area (Å²) in [6.07, 6.45) is 1.69. The van der Waals surface area contributed by atoms with Crippen LogP contribution in [0.25, 0.3) is 17.2 Å². The van der Waals surface area contributed by atoms with Crippen molar-refractivity contribution in [3.63, 3.8) is 0 Å². The molecule has 0 N–H and O–H groups in total. The molecule has 0 radical (unpaired) electrons. The normalized spacial score (nSPS) is 9.96. The monoisotopic (exact) mass is 378 g/mol. The van der Waals surface area contributed by atoms with Gasteiger partial charge in [-0.2, -0.15) is 0 Å². The molecule has 0 saturated carbocycles. The van der Waals surface area contributed by atoms with Crippen LogP contribution in [0.4, 0.5) is 0 Å². The summed E-state index contributed by atoms with van der Waals surface area (Å²) in [6, 6.07) is 10.5. The van der Waals surface area contributed by atoms with E-state index in [4.69, 9.17) is 14.2 Å². The van der Waals surface area contributed by atoms with Gasteiger partial charge in [-0.1, -0.05) is 37.9 Å². The molecule has 0 aromatic heterocycles. The molecule has 5 nitrogen and oxygen atoms in total. The molecule has 0 fully saturated rings. The van der Waals surface area contributed by atoms with Gasteiger partial charge < -0.3 is 14.2 Å². The first-order valence-electron chi connectivity index (χ1n) is 8.47. The van der Waals surface area contributed by atoms with Gasteiger partial charge in [-0.15, -0.1) is 0 Å². The molecular weight excluding hydrogens is 356 g/mol. The molecule has 5 heteroatoms. The van der Waals surface area contributed by atoms with Crippen molar-refractivity contribution in [3.05, 3.63) is 72.8 Å². The van der Waals surface area contributed by atoms with Gasteiger partial charge in [0.2, 0.25) is 0 Å². The number of benzene rings is 2. The van der Waals surface area contributed by atoms with Gasteiger partial charge in [0.25, 0.3) is 0 Å². The van der Waals surface area contributed by atoms with Gasteiger partial charge in [-0.05, 0) is 49.2 Å². The number of rotatable bonds is 7. The molecule has 144 valence electrons. The van der Waals surface area contributed by atoms with Gasteiger partial charge >= 0.3 is 11.9 Å². The second kappa shape index (κ2) is 8.86. The Hall–Kier alpha value is -3.60. The fourth-order valence-corrected chi connectivity index (χ4v) is 2.30. The Bertz CT molecular complexity index is 969. The summed E-state index contributed by atoms with van der Waals surface area (Å²) in [6.45, 7) is 14.0. The summed E-state index contributed by atoms with van der Waals surface area (Å²) in [4.78, 5) is 23.9. The van der Waals surface area contributed by atoms with Crippen LogP contribution >= 0.6 is 0 Å². The lowest BCUT2D eigenvalue weighted by atomic mass is 10.0. The van der Waals surface area contributed by atoms with E-state index in [0.29, 0.717) is 5.75 Å². The van der Waals surface area contributed by atoms with Gasteiger partial charge in [0.15, 0.2) is 11.5 Å². The Morgan fingerprint density at radius 1 is 0.821 bits per heavy atom. The molecule has 28 heavy (non-hydrogen) atoms. The van der Waals surface area contributed by atoms with E-state index in [0.717, 1.165) is 16.7 Å². The molecule has 0 atom stereocenters. The predicted molar refractivity (Wildman–Crippen MR) is 109 cm³/mol. The number of methoxy groups -OCH3 is 1. The molecule has 0 saturated heterocycles. The van der Waals surface area contributed by atoms with Crippen molar-refractivity contribution in [1.82, 2.24) is 0 Å². The van der Waals surface area contributed by atoms with Crippen LogP contribution < -0.4 is 14.2 Å². The third-order valence-electron chi connectivity index (χ3n) is 3.83. The van der Waals surface area contributed by atoms with Crippen LogP contribution in [0, 0.1) is 0 Å². The average Bonchev–Trinajstić information content (AvgIpc) is 2.68. The van der Waals surface area contributed by atoms with Gasteiger partial charge in [-0.3, -0.25) is 0 Å². The summed E-state index contributed by atoms with van der Waals surface area (Å²) in [7, 11) is 1.59. The smallest absolute Gasteiger partial charge is 0.338 e. The molecule has 0 aliphatic rings. The van der Waals surface area contributed by atoms with Crippen molar-refractivity contribution in [1.29, 1.82) is 0 Å². The van der Waals surface area contributed by atoms with E-state index >= 15 is 0 Å². The fraction of sp³-hybridized carbons (Fsp3) is 0.130. The number of hydrogen-bond donors (Lipinski definition) is 0. The molecule has 2 rings (SSSR count). The minimum Gasteiger partial charge on any atom is -0.496 e. The maximum absolute atomic E-state index is 12.0. The first kappa shape index (κ1) is 20.7. The molecule has 0 bridgehead atoms. The summed E-state index contributed by atoms with van der Waals surface area (Å²) in [5.41, 5.74) is 2.87. The molecule has 0 aliphatic heterocycles. The maximum atomic E-state index is 12.0. The topological polar surface area (TPSA) is 61.8 Å². The zero-order valence-electron chi connectivity index (χ0n) is 16.2. The Morgan fingerprint density at radius 2 is 1.32 bits per heavy atom. The van der Waals surface area contributed by atoms with Crippen molar-refractivity contribution in [2.75, 3.05) is 7.11 Å². The van der Waals surface area contributed by atoms with E-state index in [1.54, 1.807) is 31.4 Å². The van der Waals surface area contributed by atoms with Gasteiger partial charge in [0.05, 0.1) is 7.11 Å². The van der Waals surface area contributed by atoms with Crippen LogP contribution in [-0.4, -0.2) is 19.0 Å². The predicted octanol–water partition coefficient (Wildman–Crippen LogP) is 4.97. The van der Waals surface area contributed by atoms with E-state index in [1.807, 2.05) is 18.2 Å². The van der Waals surface area contributed by atoms with Crippen LogP contribution in [0.5, 0.6) is 17.2 Å². The standard InChI is InChI=1S/C23H22O5/c1-7-16-12-17(8-10-19(16)26-6)18-9-11-20(27-22(24)14(2)3)21(13-18)28-23(25)15(4)5/h7-13H,1-2,4H2,3,5-6H3. The highest BCUT2D eigenvalue weighted by atomic mass is 16.6. The van der Waals surface area contributed by atoms with Crippen molar-refractivity contribution in [3.8, 4) is 28.4 Å². The highest BCUT2D eigenvalue weighted by Crippen LogP contribution is 2.35. The number of esters is 2. The molecule has 2 aromatic carbocycles. The van der Waals surface area contributed by atoms with E-state index < -0.39 is 11.9 Å². The molecule has 0 heterocycles. The molecule has 0 spiro atoms. The minimum atomic E-state index is -0.619. The summed E-state index contributed by atoms with van der Waals surface area (Å²) in [5.74, 6) is -0.315. The van der Waals surface area contributed by atoms with Gasteiger partial charge in [0, 0.05) is 16.7 Å². The Kier molecular flexibility index (Phi) is 6.55. The van der Waals surface area contributed by atoms with Crippen LogP contribution in [0.15, 0.2) is 67.3 Å². The molecular formula is C23H22O5. The van der Waals surface area contributed by atoms with Crippen molar-refractivity contribution in [2.24, 2.45) is 0 Å². The lowest BCUT2D eigenvalue weighted by Gasteiger charge is -2.13. The SMILES string of the molecule is C=Cc1cc(-c2ccc(OC(=O)C(=C)C)c(OC(=O)C(=C)C)c2)ccc1OC. The minimum absolute atomic E-state index is 0.107. The average molecular weight is 378 g/mol. The van der Waals surface area contributed by atoms with Crippen LogP contribution in [0.3, 0.4) is 0 Å².